The van der Waals surface area contributed by atoms with Gasteiger partial charge >= 0.3 is 0 Å². The van der Waals surface area contributed by atoms with E-state index in [0.29, 0.717) is 0 Å². The van der Waals surface area contributed by atoms with Gasteiger partial charge in [-0.25, -0.2) is 13.9 Å². The Labute approximate surface area is 152 Å². The van der Waals surface area contributed by atoms with Crippen molar-refractivity contribution in [3.63, 3.8) is 0 Å². The molecule has 8 heteroatoms. The van der Waals surface area contributed by atoms with E-state index in [9.17, 15) is 18.0 Å². The first-order valence-corrected chi connectivity index (χ1v) is 9.83. The number of aromatic nitrogens is 1. The van der Waals surface area contributed by atoms with Crippen LogP contribution in [-0.4, -0.2) is 34.6 Å². The molecule has 0 radical (unpaired) electrons. The number of hydrogen-bond acceptors (Lipinski definition) is 5. The molecule has 2 aromatic rings. The second kappa shape index (κ2) is 7.84. The summed E-state index contributed by atoms with van der Waals surface area (Å²) in [5.74, 6) is -1.26. The van der Waals surface area contributed by atoms with Crippen LogP contribution in [0, 0.1) is 0 Å². The molecule has 1 aromatic heterocycles. The van der Waals surface area contributed by atoms with Crippen LogP contribution < -0.4 is 11.0 Å². The number of nitrogens with one attached hydrogen (secondary N) is 1. The number of carbonyl (C=O) groups excluding carboxylic acids is 1. The molecule has 7 nitrogen and oxygen atoms in total. The Balaban J connectivity index is 2.28. The van der Waals surface area contributed by atoms with Gasteiger partial charge in [-0.2, -0.15) is 0 Å². The summed E-state index contributed by atoms with van der Waals surface area (Å²) in [6.07, 6.45) is 1.43. The van der Waals surface area contributed by atoms with Crippen LogP contribution >= 0.6 is 0 Å². The highest BCUT2D eigenvalue weighted by Crippen LogP contribution is 2.24. The maximum Gasteiger partial charge on any atom is 0.264 e. The highest BCUT2D eigenvalue weighted by molar-refractivity contribution is 7.93. The first kappa shape index (κ1) is 19.9. The lowest BCUT2D eigenvalue weighted by Crippen LogP contribution is -2.51. The van der Waals surface area contributed by atoms with Gasteiger partial charge < -0.3 is 4.57 Å². The molecule has 26 heavy (non-hydrogen) atoms. The number of rotatable bonds is 7. The molecule has 2 rings (SSSR count). The van der Waals surface area contributed by atoms with E-state index in [1.54, 1.807) is 12.3 Å². The summed E-state index contributed by atoms with van der Waals surface area (Å²) >= 11 is 0. The van der Waals surface area contributed by atoms with E-state index in [4.69, 9.17) is 5.21 Å². The van der Waals surface area contributed by atoms with E-state index in [1.165, 1.54) is 30.0 Å². The molecule has 2 N–H and O–H groups in total. The van der Waals surface area contributed by atoms with Crippen LogP contribution in [0.1, 0.15) is 20.3 Å². The van der Waals surface area contributed by atoms with Gasteiger partial charge in [-0.05, 0) is 30.5 Å². The predicted octanol–water partition coefficient (Wildman–Crippen LogP) is 1.60. The molecule has 1 unspecified atom stereocenters. The number of benzene rings is 1. The zero-order valence-corrected chi connectivity index (χ0v) is 15.5. The zero-order valence-electron chi connectivity index (χ0n) is 14.7. The third kappa shape index (κ3) is 3.86. The number of carbonyl (C=O) groups is 1. The van der Waals surface area contributed by atoms with Crippen LogP contribution in [-0.2, 0) is 21.2 Å². The van der Waals surface area contributed by atoms with Crippen LogP contribution in [0.4, 0.5) is 0 Å². The number of aryl methyl sites for hydroxylation is 1. The van der Waals surface area contributed by atoms with Crippen molar-refractivity contribution in [1.29, 1.82) is 0 Å². The molecule has 1 amide bonds. The number of nitrogens with zero attached hydrogens (tertiary/aromatic N) is 1. The summed E-state index contributed by atoms with van der Waals surface area (Å²) in [6.45, 7) is 2.71. The minimum Gasteiger partial charge on any atom is -0.315 e. The van der Waals surface area contributed by atoms with Crippen molar-refractivity contribution in [1.82, 2.24) is 10.0 Å². The molecule has 0 aliphatic rings. The molecule has 0 spiro atoms. The molecule has 140 valence electrons. The number of sulfone groups is 1. The van der Waals surface area contributed by atoms with Crippen LogP contribution in [0.15, 0.2) is 53.5 Å². The van der Waals surface area contributed by atoms with Crippen LogP contribution in [0.3, 0.4) is 0 Å². The standard InChI is InChI=1S/C18H22N2O5S/c1-3-26(24,25)18(2,17(22)19-23)10-12-20-11-9-15(13-16(20)21)14-7-5-4-6-8-14/h4-9,11,13,23H,3,10,12H2,1-2H3,(H,19,22). The van der Waals surface area contributed by atoms with Gasteiger partial charge in [-0.15, -0.1) is 0 Å². The second-order valence-corrected chi connectivity index (χ2v) is 8.85. The number of amides is 1. The lowest BCUT2D eigenvalue weighted by atomic mass is 10.1. The van der Waals surface area contributed by atoms with Crippen molar-refractivity contribution in [2.24, 2.45) is 0 Å². The molecule has 0 saturated heterocycles. The van der Waals surface area contributed by atoms with Gasteiger partial charge in [0, 0.05) is 24.6 Å². The van der Waals surface area contributed by atoms with Crippen molar-refractivity contribution >= 4 is 15.7 Å². The maximum atomic E-state index is 12.4. The number of pyridine rings is 1. The normalized spacial score (nSPS) is 13.8. The average molecular weight is 378 g/mol. The Morgan fingerprint density at radius 2 is 1.85 bits per heavy atom. The number of hydrogen-bond donors (Lipinski definition) is 2. The van der Waals surface area contributed by atoms with E-state index in [2.05, 4.69) is 0 Å². The lowest BCUT2D eigenvalue weighted by Gasteiger charge is -2.26. The van der Waals surface area contributed by atoms with Crippen LogP contribution in [0.25, 0.3) is 11.1 Å². The van der Waals surface area contributed by atoms with Crippen molar-refractivity contribution in [2.45, 2.75) is 31.6 Å². The van der Waals surface area contributed by atoms with Crippen molar-refractivity contribution < 1.29 is 18.4 Å². The van der Waals surface area contributed by atoms with Gasteiger partial charge in [0.05, 0.1) is 0 Å². The smallest absolute Gasteiger partial charge is 0.264 e. The fraction of sp³-hybridized carbons (Fsp3) is 0.333. The van der Waals surface area contributed by atoms with Crippen LogP contribution in [0.2, 0.25) is 0 Å². The quantitative estimate of drug-likeness (QED) is 0.562. The third-order valence-electron chi connectivity index (χ3n) is 4.58. The Kier molecular flexibility index (Phi) is 5.99. The molecule has 1 atom stereocenters. The van der Waals surface area contributed by atoms with Crippen LogP contribution in [0.5, 0.6) is 0 Å². The number of hydroxylamine groups is 1. The fourth-order valence-corrected chi connectivity index (χ4v) is 4.05. The van der Waals surface area contributed by atoms with Gasteiger partial charge in [0.15, 0.2) is 14.6 Å². The molecule has 0 aliphatic carbocycles. The van der Waals surface area contributed by atoms with Gasteiger partial charge in [-0.3, -0.25) is 14.8 Å². The van der Waals surface area contributed by atoms with E-state index < -0.39 is 20.5 Å². The Hall–Kier alpha value is -2.45. The maximum absolute atomic E-state index is 12.4. The summed E-state index contributed by atoms with van der Waals surface area (Å²) in [5, 5.41) is 8.91. The fourth-order valence-electron chi connectivity index (χ4n) is 2.68. The zero-order chi connectivity index (χ0) is 19.4. The minimum atomic E-state index is -3.79. The highest BCUT2D eigenvalue weighted by atomic mass is 32.2. The first-order valence-electron chi connectivity index (χ1n) is 8.18. The van der Waals surface area contributed by atoms with Gasteiger partial charge in [0.25, 0.3) is 11.5 Å². The Morgan fingerprint density at radius 3 is 2.38 bits per heavy atom. The van der Waals surface area contributed by atoms with E-state index >= 15 is 0 Å². The molecule has 0 aliphatic heterocycles. The SMILES string of the molecule is CCS(=O)(=O)C(C)(CCn1ccc(-c2ccccc2)cc1=O)C(=O)NO. The van der Waals surface area contributed by atoms with Crippen molar-refractivity contribution in [3.05, 3.63) is 59.0 Å². The highest BCUT2D eigenvalue weighted by Gasteiger charge is 2.44. The van der Waals surface area contributed by atoms with E-state index in [0.717, 1.165) is 11.1 Å². The lowest BCUT2D eigenvalue weighted by molar-refractivity contribution is -0.131. The molecule has 1 heterocycles. The average Bonchev–Trinajstić information content (AvgIpc) is 2.66. The monoisotopic (exact) mass is 378 g/mol. The van der Waals surface area contributed by atoms with Gasteiger partial charge in [0.1, 0.15) is 0 Å². The minimum absolute atomic E-state index is 0.0249. The van der Waals surface area contributed by atoms with Gasteiger partial charge in [0.2, 0.25) is 0 Å². The van der Waals surface area contributed by atoms with Gasteiger partial charge in [-0.1, -0.05) is 37.3 Å². The first-order chi connectivity index (χ1) is 12.2. The van der Waals surface area contributed by atoms with E-state index in [1.807, 2.05) is 30.3 Å². The molecular formula is C18H22N2O5S. The third-order valence-corrected chi connectivity index (χ3v) is 7.10. The summed E-state index contributed by atoms with van der Waals surface area (Å²) in [6, 6.07) is 12.6. The molecule has 0 bridgehead atoms. The summed E-state index contributed by atoms with van der Waals surface area (Å²) in [4.78, 5) is 24.3. The second-order valence-electron chi connectivity index (χ2n) is 6.14. The van der Waals surface area contributed by atoms with Crippen molar-refractivity contribution in [3.8, 4) is 11.1 Å². The Bertz CT molecular complexity index is 938. The summed E-state index contributed by atoms with van der Waals surface area (Å²) in [5.41, 5.74) is 2.77. The molecule has 0 fully saturated rings. The largest absolute Gasteiger partial charge is 0.315 e. The molecule has 1 aromatic carbocycles. The molecule has 0 saturated carbocycles. The predicted molar refractivity (Wildman–Crippen MR) is 98.6 cm³/mol. The summed E-state index contributed by atoms with van der Waals surface area (Å²) in [7, 11) is -3.79. The van der Waals surface area contributed by atoms with E-state index in [-0.39, 0.29) is 24.3 Å². The topological polar surface area (TPSA) is 105 Å². The molecular weight excluding hydrogens is 356 g/mol. The Morgan fingerprint density at radius 1 is 1.19 bits per heavy atom. The van der Waals surface area contributed by atoms with Crippen molar-refractivity contribution in [2.75, 3.05) is 5.75 Å². The summed E-state index contributed by atoms with van der Waals surface area (Å²) < 4.78 is 24.1.